The van der Waals surface area contributed by atoms with Crippen molar-refractivity contribution in [3.05, 3.63) is 29.8 Å². The van der Waals surface area contributed by atoms with Crippen molar-refractivity contribution in [2.24, 2.45) is 0 Å². The molecule has 2 N–H and O–H groups in total. The minimum absolute atomic E-state index is 0.0671. The average Bonchev–Trinajstić information content (AvgIpc) is 2.08. The number of carboxylic acids is 1. The number of benzene rings is 1. The fourth-order valence-electron chi connectivity index (χ4n) is 0.654. The second-order valence-electron chi connectivity index (χ2n) is 1.82. The highest BCUT2D eigenvalue weighted by atomic mass is 16.4. The van der Waals surface area contributed by atoms with Gasteiger partial charge in [0.1, 0.15) is 11.3 Å². The Hall–Kier alpha value is -1.95. The van der Waals surface area contributed by atoms with E-state index in [1.165, 1.54) is 12.1 Å². The van der Waals surface area contributed by atoms with Gasteiger partial charge < -0.3 is 10.2 Å². The van der Waals surface area contributed by atoms with Gasteiger partial charge in [0, 0.05) is 0 Å². The predicted octanol–water partition coefficient (Wildman–Crippen LogP) is 1.34. The van der Waals surface area contributed by atoms with Gasteiger partial charge >= 0.3 is 5.97 Å². The van der Waals surface area contributed by atoms with Crippen LogP contribution in [0, 0.1) is 12.8 Å². The Labute approximate surface area is 70.3 Å². The van der Waals surface area contributed by atoms with Crippen LogP contribution in [0.4, 0.5) is 0 Å². The molecule has 0 radical (unpaired) electrons. The lowest BCUT2D eigenvalue weighted by molar-refractivity contribution is 0.0694. The Kier molecular flexibility index (Phi) is 4.02. The van der Waals surface area contributed by atoms with Crippen molar-refractivity contribution in [2.75, 3.05) is 0 Å². The summed E-state index contributed by atoms with van der Waals surface area (Å²) in [5.41, 5.74) is -0.0671. The fourth-order valence-corrected chi connectivity index (χ4v) is 0.654. The van der Waals surface area contributed by atoms with E-state index in [9.17, 15) is 4.79 Å². The summed E-state index contributed by atoms with van der Waals surface area (Å²) in [5, 5.41) is 17.3. The van der Waals surface area contributed by atoms with E-state index < -0.39 is 5.97 Å². The monoisotopic (exact) mass is 164 g/mol. The highest BCUT2D eigenvalue weighted by molar-refractivity contribution is 5.90. The number of hydrogen-bond donors (Lipinski definition) is 2. The number of rotatable bonds is 1. The molecule has 1 aromatic carbocycles. The number of phenols is 1. The van der Waals surface area contributed by atoms with Crippen molar-refractivity contribution in [3.8, 4) is 18.6 Å². The molecule has 0 aliphatic carbocycles. The number of hydrogen-bond acceptors (Lipinski definition) is 2. The molecule has 1 rings (SSSR count). The Morgan fingerprint density at radius 3 is 2.08 bits per heavy atom. The van der Waals surface area contributed by atoms with Crippen molar-refractivity contribution in [1.82, 2.24) is 0 Å². The van der Waals surface area contributed by atoms with E-state index in [1.807, 2.05) is 0 Å². The summed E-state index contributed by atoms with van der Waals surface area (Å²) >= 11 is 0. The zero-order valence-corrected chi connectivity index (χ0v) is 6.27. The van der Waals surface area contributed by atoms with Crippen LogP contribution >= 0.6 is 0 Å². The maximum atomic E-state index is 10.3. The summed E-state index contributed by atoms with van der Waals surface area (Å²) in [6.45, 7) is 0. The molecule has 0 bridgehead atoms. The SMILES string of the molecule is C#C.O=C(O)c1ccccc1O. The third-order valence-electron chi connectivity index (χ3n) is 1.13. The van der Waals surface area contributed by atoms with E-state index in [4.69, 9.17) is 10.2 Å². The molecule has 0 spiro atoms. The van der Waals surface area contributed by atoms with E-state index in [1.54, 1.807) is 12.1 Å². The van der Waals surface area contributed by atoms with Gasteiger partial charge in [-0.1, -0.05) is 12.1 Å². The van der Waals surface area contributed by atoms with Crippen molar-refractivity contribution in [2.45, 2.75) is 0 Å². The molecule has 0 aliphatic rings. The van der Waals surface area contributed by atoms with E-state index in [-0.39, 0.29) is 11.3 Å². The Balaban J connectivity index is 0.000000561. The van der Waals surface area contributed by atoms with Crippen molar-refractivity contribution < 1.29 is 15.0 Å². The number of aromatic hydroxyl groups is 1. The molecule has 1 aromatic rings. The van der Waals surface area contributed by atoms with Gasteiger partial charge in [0.25, 0.3) is 0 Å². The van der Waals surface area contributed by atoms with Crippen LogP contribution in [0.15, 0.2) is 24.3 Å². The molecule has 0 saturated heterocycles. The summed E-state index contributed by atoms with van der Waals surface area (Å²) in [7, 11) is 0. The van der Waals surface area contributed by atoms with Gasteiger partial charge in [0.15, 0.2) is 0 Å². The normalized spacial score (nSPS) is 7.83. The van der Waals surface area contributed by atoms with Gasteiger partial charge in [-0.2, -0.15) is 0 Å². The van der Waals surface area contributed by atoms with E-state index >= 15 is 0 Å². The molecule has 0 aromatic heterocycles. The fraction of sp³-hybridized carbons (Fsp3) is 0. The van der Waals surface area contributed by atoms with Crippen molar-refractivity contribution in [3.63, 3.8) is 0 Å². The highest BCUT2D eigenvalue weighted by Crippen LogP contribution is 2.14. The lowest BCUT2D eigenvalue weighted by atomic mass is 10.2. The largest absolute Gasteiger partial charge is 0.507 e. The van der Waals surface area contributed by atoms with Gasteiger partial charge in [0.05, 0.1) is 0 Å². The van der Waals surface area contributed by atoms with Crippen LogP contribution in [0.25, 0.3) is 0 Å². The minimum atomic E-state index is -1.11. The molecule has 3 heteroatoms. The quantitative estimate of drug-likeness (QED) is 0.616. The van der Waals surface area contributed by atoms with Gasteiger partial charge in [-0.25, -0.2) is 4.79 Å². The van der Waals surface area contributed by atoms with Crippen molar-refractivity contribution in [1.29, 1.82) is 0 Å². The maximum Gasteiger partial charge on any atom is 0.339 e. The molecule has 0 aliphatic heterocycles. The first-order valence-corrected chi connectivity index (χ1v) is 3.06. The second-order valence-corrected chi connectivity index (χ2v) is 1.82. The van der Waals surface area contributed by atoms with Crippen LogP contribution in [0.1, 0.15) is 10.4 Å². The molecular weight excluding hydrogens is 156 g/mol. The van der Waals surface area contributed by atoms with Gasteiger partial charge in [-0.3, -0.25) is 0 Å². The lowest BCUT2D eigenvalue weighted by Gasteiger charge is -1.95. The topological polar surface area (TPSA) is 57.5 Å². The molecule has 0 heterocycles. The zero-order valence-electron chi connectivity index (χ0n) is 6.27. The van der Waals surface area contributed by atoms with Crippen LogP contribution in [0.5, 0.6) is 5.75 Å². The molecule has 62 valence electrons. The Morgan fingerprint density at radius 1 is 1.25 bits per heavy atom. The van der Waals surface area contributed by atoms with Crippen LogP contribution in [-0.4, -0.2) is 16.2 Å². The van der Waals surface area contributed by atoms with Gasteiger partial charge in [-0.15, -0.1) is 12.8 Å². The van der Waals surface area contributed by atoms with Crippen molar-refractivity contribution >= 4 is 5.97 Å². The third-order valence-corrected chi connectivity index (χ3v) is 1.13. The third kappa shape index (κ3) is 2.35. The lowest BCUT2D eigenvalue weighted by Crippen LogP contribution is -1.95. The number of carboxylic acid groups (broad SMARTS) is 1. The smallest absolute Gasteiger partial charge is 0.339 e. The van der Waals surface area contributed by atoms with Crippen LogP contribution in [-0.2, 0) is 0 Å². The van der Waals surface area contributed by atoms with Gasteiger partial charge in [0.2, 0.25) is 0 Å². The highest BCUT2D eigenvalue weighted by Gasteiger charge is 2.05. The maximum absolute atomic E-state index is 10.3. The molecule has 12 heavy (non-hydrogen) atoms. The molecule has 0 amide bonds. The molecule has 0 saturated carbocycles. The predicted molar refractivity (Wildman–Crippen MR) is 45.0 cm³/mol. The first-order chi connectivity index (χ1) is 5.72. The Bertz CT molecular complexity index is 289. The second kappa shape index (κ2) is 4.80. The minimum Gasteiger partial charge on any atom is -0.507 e. The van der Waals surface area contributed by atoms with E-state index in [0.717, 1.165) is 0 Å². The average molecular weight is 164 g/mol. The molecular formula is C9H8O3. The molecule has 0 fully saturated rings. The summed E-state index contributed by atoms with van der Waals surface area (Å²) in [6.07, 6.45) is 8.00. The number of para-hydroxylation sites is 1. The first-order valence-electron chi connectivity index (χ1n) is 3.06. The van der Waals surface area contributed by atoms with Crippen LogP contribution < -0.4 is 0 Å². The van der Waals surface area contributed by atoms with Crippen LogP contribution in [0.2, 0.25) is 0 Å². The zero-order chi connectivity index (χ0) is 9.56. The summed E-state index contributed by atoms with van der Waals surface area (Å²) < 4.78 is 0. The van der Waals surface area contributed by atoms with Crippen LogP contribution in [0.3, 0.4) is 0 Å². The molecule has 0 atom stereocenters. The molecule has 3 nitrogen and oxygen atoms in total. The number of carbonyl (C=O) groups is 1. The standard InChI is InChI=1S/C7H6O3.C2H2/c8-6-4-2-1-3-5(6)7(9)10;1-2/h1-4,8H,(H,9,10);1-2H. The van der Waals surface area contributed by atoms with Gasteiger partial charge in [-0.05, 0) is 12.1 Å². The summed E-state index contributed by atoms with van der Waals surface area (Å²) in [5.74, 6) is -1.31. The number of terminal acetylenes is 1. The van der Waals surface area contributed by atoms with E-state index in [0.29, 0.717) is 0 Å². The first kappa shape index (κ1) is 10.0. The number of aromatic carboxylic acids is 1. The molecule has 0 unspecified atom stereocenters. The van der Waals surface area contributed by atoms with E-state index in [2.05, 4.69) is 12.8 Å². The Morgan fingerprint density at radius 2 is 1.75 bits per heavy atom. The summed E-state index contributed by atoms with van der Waals surface area (Å²) in [4.78, 5) is 10.3. The summed E-state index contributed by atoms with van der Waals surface area (Å²) in [6, 6.07) is 5.81.